The van der Waals surface area contributed by atoms with E-state index >= 15 is 0 Å². The number of aliphatic hydroxyl groups is 1. The lowest BCUT2D eigenvalue weighted by Crippen LogP contribution is -2.32. The molecule has 1 rings (SSSR count). The van der Waals surface area contributed by atoms with E-state index in [2.05, 4.69) is 9.97 Å². The van der Waals surface area contributed by atoms with Gasteiger partial charge < -0.3 is 14.7 Å². The quantitative estimate of drug-likeness (QED) is 0.751. The molecule has 0 fully saturated rings. The molecule has 0 bridgehead atoms. The van der Waals surface area contributed by atoms with Gasteiger partial charge in [-0.1, -0.05) is 11.6 Å². The van der Waals surface area contributed by atoms with Gasteiger partial charge >= 0.3 is 0 Å². The Kier molecular flexibility index (Phi) is 4.74. The van der Waals surface area contributed by atoms with Gasteiger partial charge in [0.25, 0.3) is 0 Å². The Balaban J connectivity index is 2.56. The molecule has 0 aliphatic rings. The molecule has 0 aromatic carbocycles. The molecule has 6 heteroatoms. The summed E-state index contributed by atoms with van der Waals surface area (Å²) in [6.45, 7) is 0.727. The summed E-state index contributed by atoms with van der Waals surface area (Å²) in [5.41, 5.74) is 0. The van der Waals surface area contributed by atoms with Crippen molar-refractivity contribution in [2.24, 2.45) is 0 Å². The third-order valence-electron chi connectivity index (χ3n) is 1.85. The van der Waals surface area contributed by atoms with Crippen LogP contribution in [-0.2, 0) is 4.74 Å². The number of hydrogen-bond acceptors (Lipinski definition) is 5. The highest BCUT2D eigenvalue weighted by Gasteiger charge is 2.09. The first kappa shape index (κ1) is 12.2. The number of likely N-dealkylation sites (N-methyl/N-ethyl adjacent to an activating group) is 1. The maximum absolute atomic E-state index is 9.51. The van der Waals surface area contributed by atoms with E-state index in [0.717, 1.165) is 0 Å². The number of nitrogens with zero attached hydrogens (tertiary/aromatic N) is 3. The van der Waals surface area contributed by atoms with Gasteiger partial charge in [0.1, 0.15) is 17.3 Å². The van der Waals surface area contributed by atoms with E-state index in [-0.39, 0.29) is 0 Å². The molecular formula is C9H14ClN3O2. The molecule has 0 amide bonds. The van der Waals surface area contributed by atoms with Crippen molar-refractivity contribution in [3.05, 3.63) is 17.5 Å². The van der Waals surface area contributed by atoms with Crippen LogP contribution >= 0.6 is 11.6 Å². The van der Waals surface area contributed by atoms with Crippen LogP contribution in [-0.4, -0.2) is 48.5 Å². The van der Waals surface area contributed by atoms with Crippen molar-refractivity contribution >= 4 is 17.4 Å². The van der Waals surface area contributed by atoms with Gasteiger partial charge in [-0.2, -0.15) is 0 Å². The topological polar surface area (TPSA) is 58.5 Å². The largest absolute Gasteiger partial charge is 0.389 e. The van der Waals surface area contributed by atoms with E-state index in [1.807, 2.05) is 7.05 Å². The summed E-state index contributed by atoms with van der Waals surface area (Å²) in [5, 5.41) is 9.89. The fraction of sp³-hybridized carbons (Fsp3) is 0.556. The second kappa shape index (κ2) is 5.85. The molecule has 84 valence electrons. The lowest BCUT2D eigenvalue weighted by atomic mass is 10.3. The predicted molar refractivity (Wildman–Crippen MR) is 58.2 cm³/mol. The molecule has 5 nitrogen and oxygen atoms in total. The van der Waals surface area contributed by atoms with Crippen LogP contribution in [0.5, 0.6) is 0 Å². The van der Waals surface area contributed by atoms with Crippen LogP contribution in [0.3, 0.4) is 0 Å². The maximum atomic E-state index is 9.51. The third-order valence-corrected chi connectivity index (χ3v) is 2.06. The molecular weight excluding hydrogens is 218 g/mol. The van der Waals surface area contributed by atoms with Crippen LogP contribution in [0.2, 0.25) is 5.15 Å². The summed E-state index contributed by atoms with van der Waals surface area (Å²) >= 11 is 5.72. The first-order valence-corrected chi connectivity index (χ1v) is 4.87. The number of ether oxygens (including phenoxy) is 1. The molecule has 1 aromatic heterocycles. The molecule has 0 saturated carbocycles. The molecule has 0 saturated heterocycles. The van der Waals surface area contributed by atoms with Crippen molar-refractivity contribution in [2.75, 3.05) is 32.2 Å². The normalized spacial score (nSPS) is 12.5. The summed E-state index contributed by atoms with van der Waals surface area (Å²) in [6.07, 6.45) is 0.838. The minimum Gasteiger partial charge on any atom is -0.389 e. The molecule has 1 N–H and O–H groups in total. The van der Waals surface area contributed by atoms with Crippen LogP contribution in [0, 0.1) is 0 Å². The lowest BCUT2D eigenvalue weighted by Gasteiger charge is -2.21. The average Bonchev–Trinajstić information content (AvgIpc) is 2.18. The zero-order valence-corrected chi connectivity index (χ0v) is 9.48. The predicted octanol–water partition coefficient (Wildman–Crippen LogP) is 0.574. The van der Waals surface area contributed by atoms with Crippen molar-refractivity contribution in [3.63, 3.8) is 0 Å². The number of halogens is 1. The fourth-order valence-corrected chi connectivity index (χ4v) is 1.33. The van der Waals surface area contributed by atoms with E-state index in [1.54, 1.807) is 18.1 Å². The van der Waals surface area contributed by atoms with E-state index < -0.39 is 6.10 Å². The molecule has 0 aliphatic heterocycles. The second-order valence-corrected chi connectivity index (χ2v) is 3.58. The van der Waals surface area contributed by atoms with E-state index in [9.17, 15) is 5.11 Å². The second-order valence-electron chi connectivity index (χ2n) is 3.19. The minimum absolute atomic E-state index is 0.295. The van der Waals surface area contributed by atoms with Gasteiger partial charge in [0, 0.05) is 26.8 Å². The Bertz CT molecular complexity index is 311. The molecule has 1 atom stereocenters. The molecule has 0 radical (unpaired) electrons. The molecule has 15 heavy (non-hydrogen) atoms. The van der Waals surface area contributed by atoms with Crippen LogP contribution in [0.15, 0.2) is 12.4 Å². The van der Waals surface area contributed by atoms with E-state index in [4.69, 9.17) is 16.3 Å². The zero-order chi connectivity index (χ0) is 11.3. The van der Waals surface area contributed by atoms with Crippen molar-refractivity contribution in [2.45, 2.75) is 6.10 Å². The Labute approximate surface area is 93.7 Å². The van der Waals surface area contributed by atoms with Crippen molar-refractivity contribution in [1.29, 1.82) is 0 Å². The molecule has 1 aromatic rings. The van der Waals surface area contributed by atoms with Gasteiger partial charge in [-0.15, -0.1) is 0 Å². The summed E-state index contributed by atoms with van der Waals surface area (Å²) in [6, 6.07) is 1.64. The Hall–Kier alpha value is -0.910. The van der Waals surface area contributed by atoms with Crippen LogP contribution in [0.1, 0.15) is 0 Å². The Morgan fingerprint density at radius 2 is 2.33 bits per heavy atom. The highest BCUT2D eigenvalue weighted by Crippen LogP contribution is 2.12. The number of anilines is 1. The summed E-state index contributed by atoms with van der Waals surface area (Å²) in [4.78, 5) is 9.60. The molecule has 1 unspecified atom stereocenters. The first-order chi connectivity index (χ1) is 7.13. The monoisotopic (exact) mass is 231 g/mol. The van der Waals surface area contributed by atoms with Gasteiger partial charge in [-0.05, 0) is 0 Å². The molecule has 1 heterocycles. The van der Waals surface area contributed by atoms with Crippen molar-refractivity contribution < 1.29 is 9.84 Å². The summed E-state index contributed by atoms with van der Waals surface area (Å²) in [7, 11) is 3.36. The van der Waals surface area contributed by atoms with E-state index in [1.165, 1.54) is 6.33 Å². The molecule has 0 spiro atoms. The van der Waals surface area contributed by atoms with Crippen LogP contribution in [0.25, 0.3) is 0 Å². The zero-order valence-electron chi connectivity index (χ0n) is 8.72. The molecule has 0 aliphatic carbocycles. The summed E-state index contributed by atoms with van der Waals surface area (Å²) in [5.74, 6) is 0.671. The lowest BCUT2D eigenvalue weighted by molar-refractivity contribution is 0.0694. The Morgan fingerprint density at radius 1 is 1.60 bits per heavy atom. The average molecular weight is 232 g/mol. The Morgan fingerprint density at radius 3 is 2.93 bits per heavy atom. The van der Waals surface area contributed by atoms with Gasteiger partial charge in [0.05, 0.1) is 12.7 Å². The number of aromatic nitrogens is 2. The van der Waals surface area contributed by atoms with E-state index in [0.29, 0.717) is 24.1 Å². The van der Waals surface area contributed by atoms with Crippen LogP contribution < -0.4 is 4.90 Å². The number of aliphatic hydroxyl groups excluding tert-OH is 1. The van der Waals surface area contributed by atoms with Gasteiger partial charge in [-0.3, -0.25) is 0 Å². The van der Waals surface area contributed by atoms with Gasteiger partial charge in [-0.25, -0.2) is 9.97 Å². The minimum atomic E-state index is -0.547. The van der Waals surface area contributed by atoms with Crippen LogP contribution in [0.4, 0.5) is 5.82 Å². The third kappa shape index (κ3) is 3.99. The number of methoxy groups -OCH3 is 1. The SMILES string of the molecule is COCC(O)CN(C)c1cc(Cl)ncn1. The van der Waals surface area contributed by atoms with Crippen molar-refractivity contribution in [3.8, 4) is 0 Å². The highest BCUT2D eigenvalue weighted by molar-refractivity contribution is 6.29. The van der Waals surface area contributed by atoms with Gasteiger partial charge in [0.15, 0.2) is 0 Å². The standard InChI is InChI=1S/C9H14ClN3O2/c1-13(4-7(14)5-15-2)9-3-8(10)11-6-12-9/h3,6-7,14H,4-5H2,1-2H3. The first-order valence-electron chi connectivity index (χ1n) is 4.49. The summed E-state index contributed by atoms with van der Waals surface area (Å²) < 4.78 is 4.83. The fourth-order valence-electron chi connectivity index (χ4n) is 1.19. The smallest absolute Gasteiger partial charge is 0.134 e. The van der Waals surface area contributed by atoms with Crippen molar-refractivity contribution in [1.82, 2.24) is 9.97 Å². The van der Waals surface area contributed by atoms with Gasteiger partial charge in [0.2, 0.25) is 0 Å². The number of rotatable bonds is 5. The maximum Gasteiger partial charge on any atom is 0.134 e. The number of hydrogen-bond donors (Lipinski definition) is 1. The highest BCUT2D eigenvalue weighted by atomic mass is 35.5.